The van der Waals surface area contributed by atoms with E-state index in [1.165, 1.54) is 32.1 Å². The molecule has 118 valence electrons. The molecule has 0 amide bonds. The van der Waals surface area contributed by atoms with Gasteiger partial charge in [-0.05, 0) is 48.9 Å². The van der Waals surface area contributed by atoms with Crippen LogP contribution < -0.4 is 10.5 Å². The van der Waals surface area contributed by atoms with Crippen molar-refractivity contribution in [1.82, 2.24) is 0 Å². The highest BCUT2D eigenvalue weighted by atomic mass is 16.5. The van der Waals surface area contributed by atoms with E-state index in [0.717, 1.165) is 23.8 Å². The van der Waals surface area contributed by atoms with Gasteiger partial charge in [-0.3, -0.25) is 0 Å². The minimum absolute atomic E-state index is 0.488. The molecule has 0 radical (unpaired) electrons. The van der Waals surface area contributed by atoms with E-state index in [2.05, 4.69) is 6.92 Å². The van der Waals surface area contributed by atoms with Crippen molar-refractivity contribution in [2.24, 2.45) is 17.6 Å². The maximum absolute atomic E-state index is 10.0. The Hall–Kier alpha value is -1.06. The van der Waals surface area contributed by atoms with Crippen LogP contribution in [0.15, 0.2) is 24.3 Å². The molecule has 1 saturated carbocycles. The van der Waals surface area contributed by atoms with Crippen LogP contribution in [0.1, 0.15) is 57.1 Å². The van der Waals surface area contributed by atoms with Crippen LogP contribution in [-0.4, -0.2) is 18.3 Å². The van der Waals surface area contributed by atoms with Crippen molar-refractivity contribution in [3.05, 3.63) is 29.8 Å². The first-order valence-electron chi connectivity index (χ1n) is 8.35. The SMILES string of the molecule is CCCC1CCCC1COc1cccc(C(O)CCN)c1. The molecular weight excluding hydrogens is 262 g/mol. The molecule has 3 heteroatoms. The third-order valence-corrected chi connectivity index (χ3v) is 4.62. The van der Waals surface area contributed by atoms with Gasteiger partial charge in [-0.1, -0.05) is 44.7 Å². The third-order valence-electron chi connectivity index (χ3n) is 4.62. The number of benzene rings is 1. The molecule has 0 aliphatic heterocycles. The second-order valence-electron chi connectivity index (χ2n) is 6.22. The molecule has 3 unspecified atom stereocenters. The Morgan fingerprint density at radius 2 is 2.14 bits per heavy atom. The van der Waals surface area contributed by atoms with Crippen molar-refractivity contribution < 1.29 is 9.84 Å². The van der Waals surface area contributed by atoms with E-state index in [1.54, 1.807) is 0 Å². The van der Waals surface area contributed by atoms with E-state index in [9.17, 15) is 5.11 Å². The topological polar surface area (TPSA) is 55.5 Å². The van der Waals surface area contributed by atoms with E-state index in [-0.39, 0.29) is 0 Å². The van der Waals surface area contributed by atoms with Crippen molar-refractivity contribution in [2.75, 3.05) is 13.2 Å². The Morgan fingerprint density at radius 1 is 1.33 bits per heavy atom. The van der Waals surface area contributed by atoms with Gasteiger partial charge in [-0.15, -0.1) is 0 Å². The molecule has 0 saturated heterocycles. The number of aliphatic hydroxyl groups is 1. The van der Waals surface area contributed by atoms with Crippen LogP contribution in [-0.2, 0) is 0 Å². The fourth-order valence-electron chi connectivity index (χ4n) is 3.42. The van der Waals surface area contributed by atoms with Crippen molar-refractivity contribution in [3.63, 3.8) is 0 Å². The van der Waals surface area contributed by atoms with Crippen LogP contribution in [0.4, 0.5) is 0 Å². The summed E-state index contributed by atoms with van der Waals surface area (Å²) >= 11 is 0. The van der Waals surface area contributed by atoms with Gasteiger partial charge in [0.1, 0.15) is 5.75 Å². The lowest BCUT2D eigenvalue weighted by atomic mass is 9.92. The van der Waals surface area contributed by atoms with Gasteiger partial charge in [0.2, 0.25) is 0 Å². The fraction of sp³-hybridized carbons (Fsp3) is 0.667. The molecule has 0 heterocycles. The molecule has 1 aliphatic carbocycles. The highest BCUT2D eigenvalue weighted by Crippen LogP contribution is 2.35. The second-order valence-corrected chi connectivity index (χ2v) is 6.22. The average Bonchev–Trinajstić information content (AvgIpc) is 2.93. The first kappa shape index (κ1) is 16.3. The zero-order valence-corrected chi connectivity index (χ0v) is 13.1. The van der Waals surface area contributed by atoms with Crippen LogP contribution in [0.3, 0.4) is 0 Å². The Bertz CT molecular complexity index is 421. The quantitative estimate of drug-likeness (QED) is 0.768. The molecule has 21 heavy (non-hydrogen) atoms. The number of hydrogen-bond donors (Lipinski definition) is 2. The van der Waals surface area contributed by atoms with Crippen LogP contribution in [0.2, 0.25) is 0 Å². The first-order valence-corrected chi connectivity index (χ1v) is 8.35. The zero-order chi connectivity index (χ0) is 15.1. The van der Waals surface area contributed by atoms with Gasteiger partial charge in [0, 0.05) is 0 Å². The Kier molecular flexibility index (Phi) is 6.52. The normalized spacial score (nSPS) is 23.2. The van der Waals surface area contributed by atoms with E-state index < -0.39 is 6.10 Å². The van der Waals surface area contributed by atoms with E-state index >= 15 is 0 Å². The van der Waals surface area contributed by atoms with E-state index in [0.29, 0.717) is 18.9 Å². The lowest BCUT2D eigenvalue weighted by Gasteiger charge is -2.20. The molecule has 1 fully saturated rings. The molecular formula is C18H29NO2. The van der Waals surface area contributed by atoms with E-state index in [4.69, 9.17) is 10.5 Å². The van der Waals surface area contributed by atoms with Gasteiger partial charge in [0.15, 0.2) is 0 Å². The zero-order valence-electron chi connectivity index (χ0n) is 13.1. The van der Waals surface area contributed by atoms with Crippen LogP contribution in [0.25, 0.3) is 0 Å². The summed E-state index contributed by atoms with van der Waals surface area (Å²) < 4.78 is 5.99. The maximum atomic E-state index is 10.0. The summed E-state index contributed by atoms with van der Waals surface area (Å²) in [6.07, 6.45) is 6.68. The van der Waals surface area contributed by atoms with Crippen LogP contribution >= 0.6 is 0 Å². The standard InChI is InChI=1S/C18H29NO2/c1-2-5-14-6-3-8-16(14)13-21-17-9-4-7-15(12-17)18(20)10-11-19/h4,7,9,12,14,16,18,20H,2-3,5-6,8,10-11,13,19H2,1H3. The predicted molar refractivity (Wildman–Crippen MR) is 86.3 cm³/mol. The molecule has 3 nitrogen and oxygen atoms in total. The number of rotatable bonds is 8. The number of nitrogens with two attached hydrogens (primary N) is 1. The van der Waals surface area contributed by atoms with Crippen molar-refractivity contribution in [1.29, 1.82) is 0 Å². The van der Waals surface area contributed by atoms with Crippen LogP contribution in [0, 0.1) is 11.8 Å². The molecule has 1 aromatic rings. The van der Waals surface area contributed by atoms with Crippen molar-refractivity contribution >= 4 is 0 Å². The predicted octanol–water partition coefficient (Wildman–Crippen LogP) is 3.66. The molecule has 0 aromatic heterocycles. The molecule has 0 bridgehead atoms. The van der Waals surface area contributed by atoms with Gasteiger partial charge in [-0.2, -0.15) is 0 Å². The first-order chi connectivity index (χ1) is 10.2. The molecule has 0 spiro atoms. The largest absolute Gasteiger partial charge is 0.493 e. The van der Waals surface area contributed by atoms with Gasteiger partial charge < -0.3 is 15.6 Å². The second kappa shape index (κ2) is 8.40. The average molecular weight is 291 g/mol. The minimum atomic E-state index is -0.488. The van der Waals surface area contributed by atoms with Crippen molar-refractivity contribution in [2.45, 2.75) is 51.6 Å². The number of hydrogen-bond acceptors (Lipinski definition) is 3. The fourth-order valence-corrected chi connectivity index (χ4v) is 3.42. The molecule has 1 aromatic carbocycles. The monoisotopic (exact) mass is 291 g/mol. The summed E-state index contributed by atoms with van der Waals surface area (Å²) in [7, 11) is 0. The number of aliphatic hydroxyl groups excluding tert-OH is 1. The summed E-state index contributed by atoms with van der Waals surface area (Å²) in [6.45, 7) is 3.56. The Labute approximate surface area is 128 Å². The maximum Gasteiger partial charge on any atom is 0.119 e. The summed E-state index contributed by atoms with van der Waals surface area (Å²) in [5.74, 6) is 2.40. The summed E-state index contributed by atoms with van der Waals surface area (Å²) in [4.78, 5) is 0. The smallest absolute Gasteiger partial charge is 0.119 e. The highest BCUT2D eigenvalue weighted by molar-refractivity contribution is 5.29. The minimum Gasteiger partial charge on any atom is -0.493 e. The third kappa shape index (κ3) is 4.72. The van der Waals surface area contributed by atoms with Crippen molar-refractivity contribution in [3.8, 4) is 5.75 Å². The van der Waals surface area contributed by atoms with Crippen LogP contribution in [0.5, 0.6) is 5.75 Å². The number of ether oxygens (including phenoxy) is 1. The molecule has 1 aliphatic rings. The summed E-state index contributed by atoms with van der Waals surface area (Å²) in [5, 5.41) is 10.0. The lowest BCUT2D eigenvalue weighted by Crippen LogP contribution is -2.16. The van der Waals surface area contributed by atoms with Gasteiger partial charge in [0.05, 0.1) is 12.7 Å². The highest BCUT2D eigenvalue weighted by Gasteiger charge is 2.26. The Balaban J connectivity index is 1.89. The van der Waals surface area contributed by atoms with Gasteiger partial charge in [-0.25, -0.2) is 0 Å². The van der Waals surface area contributed by atoms with Gasteiger partial charge >= 0.3 is 0 Å². The lowest BCUT2D eigenvalue weighted by molar-refractivity contribution is 0.169. The van der Waals surface area contributed by atoms with E-state index in [1.807, 2.05) is 24.3 Å². The van der Waals surface area contributed by atoms with Gasteiger partial charge in [0.25, 0.3) is 0 Å². The molecule has 3 atom stereocenters. The summed E-state index contributed by atoms with van der Waals surface area (Å²) in [6, 6.07) is 7.80. The molecule has 3 N–H and O–H groups in total. The summed E-state index contributed by atoms with van der Waals surface area (Å²) in [5.41, 5.74) is 6.40. The molecule has 2 rings (SSSR count). The Morgan fingerprint density at radius 3 is 2.90 bits per heavy atom.